The van der Waals surface area contributed by atoms with Gasteiger partial charge in [-0.2, -0.15) is 0 Å². The van der Waals surface area contributed by atoms with Crippen molar-refractivity contribution < 1.29 is 5.21 Å². The van der Waals surface area contributed by atoms with Crippen LogP contribution < -0.4 is 5.73 Å². The Labute approximate surface area is 111 Å². The molecule has 1 saturated heterocycles. The zero-order chi connectivity index (χ0) is 13.6. The Morgan fingerprint density at radius 3 is 2.78 bits per heavy atom. The lowest BCUT2D eigenvalue weighted by Gasteiger charge is -2.37. The third-order valence-electron chi connectivity index (χ3n) is 4.20. The summed E-state index contributed by atoms with van der Waals surface area (Å²) in [7, 11) is 0. The van der Waals surface area contributed by atoms with E-state index in [9.17, 15) is 0 Å². The van der Waals surface area contributed by atoms with Crippen LogP contribution in [0.25, 0.3) is 0 Å². The summed E-state index contributed by atoms with van der Waals surface area (Å²) < 4.78 is 0. The highest BCUT2D eigenvalue weighted by molar-refractivity contribution is 5.85. The Bertz CT molecular complexity index is 274. The zero-order valence-corrected chi connectivity index (χ0v) is 12.2. The molecular formula is C14H29N3O. The van der Waals surface area contributed by atoms with Crippen molar-refractivity contribution in [2.45, 2.75) is 65.3 Å². The monoisotopic (exact) mass is 255 g/mol. The van der Waals surface area contributed by atoms with Gasteiger partial charge in [0.25, 0.3) is 0 Å². The molecule has 0 aromatic rings. The molecule has 4 nitrogen and oxygen atoms in total. The lowest BCUT2D eigenvalue weighted by Crippen LogP contribution is -2.43. The smallest absolute Gasteiger partial charge is 0.144 e. The van der Waals surface area contributed by atoms with E-state index < -0.39 is 0 Å². The van der Waals surface area contributed by atoms with Crippen LogP contribution in [0.5, 0.6) is 0 Å². The van der Waals surface area contributed by atoms with Crippen LogP contribution in [0.1, 0.15) is 59.3 Å². The van der Waals surface area contributed by atoms with E-state index in [1.807, 2.05) is 13.8 Å². The second-order valence-electron chi connectivity index (χ2n) is 6.09. The molecule has 1 fully saturated rings. The summed E-state index contributed by atoms with van der Waals surface area (Å²) in [6.07, 6.45) is 7.50. The van der Waals surface area contributed by atoms with Crippen molar-refractivity contribution in [2.24, 2.45) is 16.3 Å². The third kappa shape index (κ3) is 4.16. The summed E-state index contributed by atoms with van der Waals surface area (Å²) in [5.41, 5.74) is 5.52. The fourth-order valence-electron chi connectivity index (χ4n) is 2.70. The number of hydrogen-bond acceptors (Lipinski definition) is 3. The van der Waals surface area contributed by atoms with E-state index in [-0.39, 0.29) is 5.41 Å². The summed E-state index contributed by atoms with van der Waals surface area (Å²) in [6.45, 7) is 8.60. The summed E-state index contributed by atoms with van der Waals surface area (Å²) in [5.74, 6) is 0.339. The number of oxime groups is 1. The summed E-state index contributed by atoms with van der Waals surface area (Å²) in [4.78, 5) is 2.60. The van der Waals surface area contributed by atoms with Gasteiger partial charge in [-0.05, 0) is 38.8 Å². The molecule has 3 N–H and O–H groups in total. The molecule has 18 heavy (non-hydrogen) atoms. The molecule has 1 rings (SSSR count). The molecule has 1 aliphatic rings. The molecule has 0 aromatic heterocycles. The summed E-state index contributed by atoms with van der Waals surface area (Å²) in [5, 5.41) is 11.9. The molecule has 0 aromatic carbocycles. The number of piperidine rings is 1. The highest BCUT2D eigenvalue weighted by Gasteiger charge is 2.27. The van der Waals surface area contributed by atoms with Gasteiger partial charge in [-0.25, -0.2) is 0 Å². The minimum absolute atomic E-state index is 0.219. The van der Waals surface area contributed by atoms with E-state index in [0.29, 0.717) is 5.84 Å². The molecule has 0 bridgehead atoms. The molecule has 0 aliphatic carbocycles. The number of amidine groups is 1. The maximum Gasteiger partial charge on any atom is 0.144 e. The molecule has 106 valence electrons. The lowest BCUT2D eigenvalue weighted by atomic mass is 9.87. The minimum Gasteiger partial charge on any atom is -0.409 e. The van der Waals surface area contributed by atoms with Crippen molar-refractivity contribution >= 4 is 5.84 Å². The zero-order valence-electron chi connectivity index (χ0n) is 12.2. The third-order valence-corrected chi connectivity index (χ3v) is 4.20. The lowest BCUT2D eigenvalue weighted by molar-refractivity contribution is 0.128. The average Bonchev–Trinajstić information content (AvgIpc) is 2.37. The van der Waals surface area contributed by atoms with Gasteiger partial charge in [0.2, 0.25) is 0 Å². The number of nitrogens with two attached hydrogens (primary N) is 1. The van der Waals surface area contributed by atoms with Crippen molar-refractivity contribution in [1.82, 2.24) is 4.90 Å². The first-order valence-corrected chi connectivity index (χ1v) is 7.23. The molecule has 0 radical (unpaired) electrons. The van der Waals surface area contributed by atoms with Crippen LogP contribution in [-0.2, 0) is 0 Å². The summed E-state index contributed by atoms with van der Waals surface area (Å²) >= 11 is 0. The van der Waals surface area contributed by atoms with Crippen LogP contribution in [0.3, 0.4) is 0 Å². The normalized spacial score (nSPS) is 23.3. The number of rotatable bonds is 6. The topological polar surface area (TPSA) is 61.8 Å². The Kier molecular flexibility index (Phi) is 5.93. The summed E-state index contributed by atoms with van der Waals surface area (Å²) in [6, 6.07) is 0.742. The highest BCUT2D eigenvalue weighted by atomic mass is 16.4. The van der Waals surface area contributed by atoms with E-state index in [0.717, 1.165) is 19.0 Å². The van der Waals surface area contributed by atoms with E-state index >= 15 is 0 Å². The predicted molar refractivity (Wildman–Crippen MR) is 75.9 cm³/mol. The van der Waals surface area contributed by atoms with Crippen molar-refractivity contribution in [3.8, 4) is 0 Å². The van der Waals surface area contributed by atoms with E-state index in [2.05, 4.69) is 17.0 Å². The van der Waals surface area contributed by atoms with Gasteiger partial charge in [-0.1, -0.05) is 38.8 Å². The van der Waals surface area contributed by atoms with Crippen LogP contribution in [0.15, 0.2) is 5.16 Å². The number of hydrogen-bond donors (Lipinski definition) is 2. The van der Waals surface area contributed by atoms with Crippen molar-refractivity contribution in [2.75, 3.05) is 13.1 Å². The quantitative estimate of drug-likeness (QED) is 0.332. The highest BCUT2D eigenvalue weighted by Crippen LogP contribution is 2.25. The van der Waals surface area contributed by atoms with Gasteiger partial charge < -0.3 is 15.8 Å². The van der Waals surface area contributed by atoms with E-state index in [1.165, 1.54) is 38.6 Å². The molecule has 0 spiro atoms. The first kappa shape index (κ1) is 15.3. The maximum atomic E-state index is 8.79. The van der Waals surface area contributed by atoms with Gasteiger partial charge in [-0.15, -0.1) is 0 Å². The van der Waals surface area contributed by atoms with Crippen LogP contribution in [0.4, 0.5) is 0 Å². The Balaban J connectivity index is 2.49. The number of likely N-dealkylation sites (tertiary alicyclic amines) is 1. The van der Waals surface area contributed by atoms with Crippen molar-refractivity contribution in [3.63, 3.8) is 0 Å². The van der Waals surface area contributed by atoms with Crippen molar-refractivity contribution in [3.05, 3.63) is 0 Å². The van der Waals surface area contributed by atoms with Gasteiger partial charge in [0, 0.05) is 11.5 Å². The Hall–Kier alpha value is -0.770. The SMILES string of the molecule is CCCC1CCCCN1CCC(C)(C)C(N)=NO. The predicted octanol–water partition coefficient (Wildman–Crippen LogP) is 2.80. The van der Waals surface area contributed by atoms with Gasteiger partial charge in [-0.3, -0.25) is 0 Å². The van der Waals surface area contributed by atoms with E-state index in [1.54, 1.807) is 0 Å². The Morgan fingerprint density at radius 1 is 1.44 bits per heavy atom. The fraction of sp³-hybridized carbons (Fsp3) is 0.929. The molecule has 1 heterocycles. The second kappa shape index (κ2) is 6.98. The fourth-order valence-corrected chi connectivity index (χ4v) is 2.70. The maximum absolute atomic E-state index is 8.79. The average molecular weight is 255 g/mol. The number of nitrogens with zero attached hydrogens (tertiary/aromatic N) is 2. The first-order chi connectivity index (χ1) is 8.51. The van der Waals surface area contributed by atoms with Gasteiger partial charge in [0.05, 0.1) is 0 Å². The molecule has 0 amide bonds. The van der Waals surface area contributed by atoms with Crippen molar-refractivity contribution in [1.29, 1.82) is 0 Å². The largest absolute Gasteiger partial charge is 0.409 e. The van der Waals surface area contributed by atoms with Gasteiger partial charge in [0.15, 0.2) is 0 Å². The molecule has 1 unspecified atom stereocenters. The standard InChI is InChI=1S/C14H29N3O/c1-4-7-12-8-5-6-10-17(12)11-9-14(2,3)13(15)16-18/h12,18H,4-11H2,1-3H3,(H2,15,16). The van der Waals surface area contributed by atoms with Crippen LogP contribution >= 0.6 is 0 Å². The Morgan fingerprint density at radius 2 is 2.17 bits per heavy atom. The molecular weight excluding hydrogens is 226 g/mol. The second-order valence-corrected chi connectivity index (χ2v) is 6.09. The van der Waals surface area contributed by atoms with Gasteiger partial charge >= 0.3 is 0 Å². The van der Waals surface area contributed by atoms with Crippen LogP contribution in [-0.4, -0.2) is 35.1 Å². The minimum atomic E-state index is -0.219. The van der Waals surface area contributed by atoms with Crippen LogP contribution in [0.2, 0.25) is 0 Å². The molecule has 1 atom stereocenters. The van der Waals surface area contributed by atoms with Gasteiger partial charge in [0.1, 0.15) is 5.84 Å². The molecule has 4 heteroatoms. The van der Waals surface area contributed by atoms with Crippen LogP contribution in [0, 0.1) is 5.41 Å². The molecule has 1 aliphatic heterocycles. The first-order valence-electron chi connectivity index (χ1n) is 7.23. The van der Waals surface area contributed by atoms with E-state index in [4.69, 9.17) is 10.9 Å². The molecule has 0 saturated carbocycles.